The average molecular weight is 324 g/mol. The van der Waals surface area contributed by atoms with Crippen LogP contribution >= 0.6 is 0 Å². The largest absolute Gasteiger partial charge is 0.385 e. The van der Waals surface area contributed by atoms with Crippen LogP contribution in [0.1, 0.15) is 25.8 Å². The number of methoxy groups -OCH3 is 1. The first kappa shape index (κ1) is 16.7. The highest BCUT2D eigenvalue weighted by atomic mass is 32.2. The zero-order valence-electron chi connectivity index (χ0n) is 12.9. The molecule has 1 aromatic carbocycles. The molecule has 22 heavy (non-hydrogen) atoms. The first-order valence-electron chi connectivity index (χ1n) is 6.98. The van der Waals surface area contributed by atoms with Gasteiger partial charge in [-0.2, -0.15) is 0 Å². The van der Waals surface area contributed by atoms with Gasteiger partial charge in [0.1, 0.15) is 0 Å². The lowest BCUT2D eigenvalue weighted by Gasteiger charge is -2.08. The van der Waals surface area contributed by atoms with Gasteiger partial charge in [-0.15, -0.1) is 0 Å². The van der Waals surface area contributed by atoms with E-state index in [2.05, 4.69) is 10.0 Å². The number of benzene rings is 1. The van der Waals surface area contributed by atoms with Crippen molar-refractivity contribution in [2.24, 2.45) is 0 Å². The van der Waals surface area contributed by atoms with Crippen LogP contribution in [0.4, 0.5) is 5.69 Å². The Morgan fingerprint density at radius 2 is 2.05 bits per heavy atom. The van der Waals surface area contributed by atoms with Crippen LogP contribution in [0.3, 0.4) is 0 Å². The van der Waals surface area contributed by atoms with Crippen LogP contribution in [-0.2, 0) is 19.6 Å². The molecule has 2 rings (SSSR count). The summed E-state index contributed by atoms with van der Waals surface area (Å²) in [5.74, 6) is -0.197. The maximum atomic E-state index is 12.3. The van der Waals surface area contributed by atoms with Gasteiger partial charge in [0.15, 0.2) is 0 Å². The summed E-state index contributed by atoms with van der Waals surface area (Å²) in [4.78, 5) is 12.1. The van der Waals surface area contributed by atoms with Gasteiger partial charge in [0.05, 0.1) is 4.90 Å². The molecule has 1 aliphatic rings. The zero-order valence-corrected chi connectivity index (χ0v) is 13.7. The molecule has 2 N–H and O–H groups in total. The third-order valence-corrected chi connectivity index (χ3v) is 4.82. The van der Waals surface area contributed by atoms with Crippen molar-refractivity contribution < 1.29 is 17.9 Å². The number of sulfonamides is 1. The van der Waals surface area contributed by atoms with E-state index >= 15 is 0 Å². The van der Waals surface area contributed by atoms with Gasteiger partial charge < -0.3 is 10.1 Å². The smallest absolute Gasteiger partial charge is 0.256 e. The summed E-state index contributed by atoms with van der Waals surface area (Å²) in [7, 11) is -2.03. The monoisotopic (exact) mass is 324 g/mol. The van der Waals surface area contributed by atoms with E-state index in [0.29, 0.717) is 36.4 Å². The molecule has 0 bridgehead atoms. The second-order valence-corrected chi connectivity index (χ2v) is 7.05. The Balaban J connectivity index is 2.29. The van der Waals surface area contributed by atoms with Crippen LogP contribution in [0.15, 0.2) is 28.7 Å². The van der Waals surface area contributed by atoms with Crippen LogP contribution in [0.25, 0.3) is 5.57 Å². The maximum absolute atomic E-state index is 12.3. The van der Waals surface area contributed by atoms with E-state index < -0.39 is 10.0 Å². The third kappa shape index (κ3) is 3.37. The van der Waals surface area contributed by atoms with Gasteiger partial charge >= 0.3 is 0 Å². The lowest BCUT2D eigenvalue weighted by Crippen LogP contribution is -2.25. The van der Waals surface area contributed by atoms with Gasteiger partial charge in [-0.25, -0.2) is 13.1 Å². The minimum atomic E-state index is -3.60. The van der Waals surface area contributed by atoms with E-state index in [9.17, 15) is 13.2 Å². The molecule has 120 valence electrons. The van der Waals surface area contributed by atoms with Crippen LogP contribution in [-0.4, -0.2) is 34.6 Å². The van der Waals surface area contributed by atoms with Crippen LogP contribution in [0.5, 0.6) is 0 Å². The molecule has 1 heterocycles. The lowest BCUT2D eigenvalue weighted by atomic mass is 10.0. The SMILES string of the molecule is COCCCNS(=O)(=O)c1ccc2c(c1)C(=C(C)C)C(=O)N2. The van der Waals surface area contributed by atoms with Crippen molar-refractivity contribution in [3.8, 4) is 0 Å². The Hall–Kier alpha value is -1.70. The number of carbonyl (C=O) groups is 1. The summed E-state index contributed by atoms with van der Waals surface area (Å²) in [5, 5.41) is 2.74. The van der Waals surface area contributed by atoms with Gasteiger partial charge in [-0.05, 0) is 38.5 Å². The number of hydrogen-bond acceptors (Lipinski definition) is 4. The Labute approximate surface area is 130 Å². The molecule has 1 aliphatic heterocycles. The summed E-state index contributed by atoms with van der Waals surface area (Å²) in [6, 6.07) is 4.65. The summed E-state index contributed by atoms with van der Waals surface area (Å²) in [6.45, 7) is 4.45. The number of nitrogens with one attached hydrogen (secondary N) is 2. The van der Waals surface area contributed by atoms with Gasteiger partial charge in [0.25, 0.3) is 5.91 Å². The summed E-state index contributed by atoms with van der Waals surface area (Å²) in [5.41, 5.74) is 2.65. The maximum Gasteiger partial charge on any atom is 0.256 e. The van der Waals surface area contributed by atoms with Gasteiger partial charge in [0, 0.05) is 37.1 Å². The molecule has 6 nitrogen and oxygen atoms in total. The fraction of sp³-hybridized carbons (Fsp3) is 0.400. The van der Waals surface area contributed by atoms with E-state index in [-0.39, 0.29) is 10.8 Å². The molecule has 0 atom stereocenters. The second kappa shape index (κ2) is 6.60. The number of hydrogen-bond donors (Lipinski definition) is 2. The predicted octanol–water partition coefficient (Wildman–Crippen LogP) is 1.75. The first-order chi connectivity index (χ1) is 10.4. The topological polar surface area (TPSA) is 84.5 Å². The van der Waals surface area contributed by atoms with E-state index in [0.717, 1.165) is 5.57 Å². The van der Waals surface area contributed by atoms with Crippen LogP contribution in [0.2, 0.25) is 0 Å². The molecule has 7 heteroatoms. The van der Waals surface area contributed by atoms with Crippen molar-refractivity contribution in [2.75, 3.05) is 25.6 Å². The average Bonchev–Trinajstić information content (AvgIpc) is 2.78. The second-order valence-electron chi connectivity index (χ2n) is 5.28. The molecule has 0 aliphatic carbocycles. The molecule has 1 aromatic rings. The highest BCUT2D eigenvalue weighted by molar-refractivity contribution is 7.89. The van der Waals surface area contributed by atoms with Gasteiger partial charge in [-0.1, -0.05) is 5.57 Å². The third-order valence-electron chi connectivity index (χ3n) is 3.36. The van der Waals surface area contributed by atoms with Crippen LogP contribution < -0.4 is 10.0 Å². The Morgan fingerprint density at radius 3 is 2.68 bits per heavy atom. The minimum Gasteiger partial charge on any atom is -0.385 e. The normalized spacial score (nSPS) is 14.0. The molecule has 0 saturated carbocycles. The van der Waals surface area contributed by atoms with Gasteiger partial charge in [-0.3, -0.25) is 4.79 Å². The molecule has 0 saturated heterocycles. The lowest BCUT2D eigenvalue weighted by molar-refractivity contribution is -0.110. The van der Waals surface area contributed by atoms with Crippen LogP contribution in [0, 0.1) is 0 Å². The summed E-state index contributed by atoms with van der Waals surface area (Å²) in [6.07, 6.45) is 0.597. The zero-order chi connectivity index (χ0) is 16.3. The molecular formula is C15H20N2O4S. The first-order valence-corrected chi connectivity index (χ1v) is 8.47. The Bertz CT molecular complexity index is 719. The quantitative estimate of drug-likeness (QED) is 0.617. The molecule has 1 amide bonds. The standard InChI is InChI=1S/C15H20N2O4S/c1-10(2)14-12-9-11(5-6-13(12)17-15(14)18)22(19,20)16-7-4-8-21-3/h5-6,9,16H,4,7-8H2,1-3H3,(H,17,18). The summed E-state index contributed by atoms with van der Waals surface area (Å²) >= 11 is 0. The molecule has 0 radical (unpaired) electrons. The Morgan fingerprint density at radius 1 is 1.32 bits per heavy atom. The number of allylic oxidation sites excluding steroid dienone is 1. The number of rotatable bonds is 6. The minimum absolute atomic E-state index is 0.152. The van der Waals surface area contributed by atoms with E-state index in [4.69, 9.17) is 4.74 Å². The predicted molar refractivity (Wildman–Crippen MR) is 85.0 cm³/mol. The summed E-state index contributed by atoms with van der Waals surface area (Å²) < 4.78 is 32.0. The van der Waals surface area contributed by atoms with Crippen molar-refractivity contribution in [3.63, 3.8) is 0 Å². The highest BCUT2D eigenvalue weighted by Crippen LogP contribution is 2.35. The Kier molecular flexibility index (Phi) is 5.00. The molecule has 0 fully saturated rings. The van der Waals surface area contributed by atoms with Crippen molar-refractivity contribution in [1.82, 2.24) is 4.72 Å². The highest BCUT2D eigenvalue weighted by Gasteiger charge is 2.27. The number of amides is 1. The fourth-order valence-corrected chi connectivity index (χ4v) is 3.42. The number of ether oxygens (including phenoxy) is 1. The van der Waals surface area contributed by atoms with E-state index in [1.807, 2.05) is 13.8 Å². The van der Waals surface area contributed by atoms with E-state index in [1.54, 1.807) is 13.2 Å². The molecular weight excluding hydrogens is 304 g/mol. The van der Waals surface area contributed by atoms with Gasteiger partial charge in [0.2, 0.25) is 10.0 Å². The fourth-order valence-electron chi connectivity index (χ4n) is 2.32. The number of fused-ring (bicyclic) bond motifs is 1. The van der Waals surface area contributed by atoms with Crippen molar-refractivity contribution >= 4 is 27.2 Å². The number of anilines is 1. The molecule has 0 unspecified atom stereocenters. The van der Waals surface area contributed by atoms with Crippen molar-refractivity contribution in [1.29, 1.82) is 0 Å². The van der Waals surface area contributed by atoms with Crippen molar-refractivity contribution in [2.45, 2.75) is 25.2 Å². The molecule has 0 aromatic heterocycles. The van der Waals surface area contributed by atoms with E-state index in [1.165, 1.54) is 12.1 Å². The van der Waals surface area contributed by atoms with Crippen molar-refractivity contribution in [3.05, 3.63) is 29.3 Å². The number of carbonyl (C=O) groups excluding carboxylic acids is 1. The molecule has 0 spiro atoms.